The van der Waals surface area contributed by atoms with Crippen LogP contribution in [-0.2, 0) is 29.3 Å². The normalized spacial score (nSPS) is 15.1. The monoisotopic (exact) mass is 603 g/mol. The zero-order chi connectivity index (χ0) is 29.7. The van der Waals surface area contributed by atoms with Gasteiger partial charge in [0.15, 0.2) is 0 Å². The first kappa shape index (κ1) is 29.7. The van der Waals surface area contributed by atoms with E-state index in [1.165, 1.54) is 28.8 Å². The van der Waals surface area contributed by atoms with Crippen LogP contribution in [0.5, 0.6) is 0 Å². The number of nitrogens with zero attached hydrogens (tertiary/aromatic N) is 3. The topological polar surface area (TPSA) is 118 Å². The Morgan fingerprint density at radius 2 is 1.76 bits per heavy atom. The lowest BCUT2D eigenvalue weighted by Crippen LogP contribution is -2.29. The Morgan fingerprint density at radius 3 is 2.48 bits per heavy atom. The molecule has 1 aliphatic rings. The number of primary sulfonamides is 1. The average Bonchev–Trinajstić information content (AvgIpc) is 3.47. The molecular formula is C32H34ClN5O3S. The maximum absolute atomic E-state index is 13.4. The van der Waals surface area contributed by atoms with Gasteiger partial charge in [0.05, 0.1) is 22.2 Å². The second kappa shape index (κ2) is 13.0. The molecule has 0 bridgehead atoms. The van der Waals surface area contributed by atoms with E-state index in [1.807, 2.05) is 24.3 Å². The summed E-state index contributed by atoms with van der Waals surface area (Å²) in [5.74, 6) is 0.386. The molecule has 218 valence electrons. The summed E-state index contributed by atoms with van der Waals surface area (Å²) in [6.45, 7) is 3.29. The summed E-state index contributed by atoms with van der Waals surface area (Å²) >= 11 is 6.13. The molecule has 1 aliphatic heterocycles. The largest absolute Gasteiger partial charge is 0.352 e. The SMILES string of the molecule is Cc1ccccc1CCc1nc(N2CCCC2c2ccc(Cl)cc2)ncc1C(=O)NCCc1ccc(S(N)(=O)=O)cc1. The van der Waals surface area contributed by atoms with E-state index in [0.717, 1.165) is 31.4 Å². The maximum atomic E-state index is 13.4. The Bertz CT molecular complexity index is 1660. The van der Waals surface area contributed by atoms with Gasteiger partial charge in [0, 0.05) is 24.3 Å². The quantitative estimate of drug-likeness (QED) is 0.258. The van der Waals surface area contributed by atoms with Gasteiger partial charge >= 0.3 is 0 Å². The van der Waals surface area contributed by atoms with Crippen LogP contribution >= 0.6 is 11.6 Å². The third kappa shape index (κ3) is 7.15. The van der Waals surface area contributed by atoms with Gasteiger partial charge in [0.25, 0.3) is 5.91 Å². The van der Waals surface area contributed by atoms with Gasteiger partial charge in [0.2, 0.25) is 16.0 Å². The molecule has 1 saturated heterocycles. The lowest BCUT2D eigenvalue weighted by atomic mass is 10.0. The van der Waals surface area contributed by atoms with Crippen molar-refractivity contribution in [3.63, 3.8) is 0 Å². The highest BCUT2D eigenvalue weighted by Gasteiger charge is 2.29. The van der Waals surface area contributed by atoms with E-state index in [0.29, 0.717) is 41.6 Å². The first-order valence-corrected chi connectivity index (χ1v) is 15.9. The lowest BCUT2D eigenvalue weighted by molar-refractivity contribution is 0.0952. The molecule has 4 aromatic rings. The van der Waals surface area contributed by atoms with Gasteiger partial charge in [-0.05, 0) is 85.5 Å². The summed E-state index contributed by atoms with van der Waals surface area (Å²) in [4.78, 5) is 25.3. The van der Waals surface area contributed by atoms with Crippen LogP contribution in [0.4, 0.5) is 5.95 Å². The molecule has 1 amide bonds. The molecule has 0 radical (unpaired) electrons. The first-order valence-electron chi connectivity index (χ1n) is 14.0. The summed E-state index contributed by atoms with van der Waals surface area (Å²) in [7, 11) is -3.75. The Hall–Kier alpha value is -3.79. The van der Waals surface area contributed by atoms with Crippen molar-refractivity contribution in [2.24, 2.45) is 5.14 Å². The highest BCUT2D eigenvalue weighted by Crippen LogP contribution is 2.35. The fourth-order valence-corrected chi connectivity index (χ4v) is 6.01. The fraction of sp³-hybridized carbons (Fsp3) is 0.281. The number of aromatic nitrogens is 2. The number of sulfonamides is 1. The number of hydrogen-bond acceptors (Lipinski definition) is 6. The molecule has 42 heavy (non-hydrogen) atoms. The van der Waals surface area contributed by atoms with Gasteiger partial charge in [-0.15, -0.1) is 0 Å². The fourth-order valence-electron chi connectivity index (χ4n) is 5.37. The van der Waals surface area contributed by atoms with Crippen LogP contribution in [-0.4, -0.2) is 37.4 Å². The van der Waals surface area contributed by atoms with Crippen molar-refractivity contribution in [3.8, 4) is 0 Å². The summed E-state index contributed by atoms with van der Waals surface area (Å²) in [6.07, 6.45) is 5.53. The first-order chi connectivity index (χ1) is 20.2. The molecule has 10 heteroatoms. The zero-order valence-electron chi connectivity index (χ0n) is 23.5. The predicted octanol–water partition coefficient (Wildman–Crippen LogP) is 5.19. The number of halogens is 1. The Balaban J connectivity index is 1.35. The molecule has 3 N–H and O–H groups in total. The molecule has 5 rings (SSSR count). The molecule has 3 aromatic carbocycles. The van der Waals surface area contributed by atoms with E-state index >= 15 is 0 Å². The van der Waals surface area contributed by atoms with Crippen LogP contribution in [0, 0.1) is 6.92 Å². The summed E-state index contributed by atoms with van der Waals surface area (Å²) in [6, 6.07) is 22.6. The number of rotatable bonds is 10. The smallest absolute Gasteiger partial charge is 0.254 e. The van der Waals surface area contributed by atoms with Crippen molar-refractivity contribution in [3.05, 3.63) is 118 Å². The van der Waals surface area contributed by atoms with E-state index in [4.69, 9.17) is 21.7 Å². The van der Waals surface area contributed by atoms with E-state index in [-0.39, 0.29) is 16.8 Å². The number of benzene rings is 3. The maximum Gasteiger partial charge on any atom is 0.254 e. The zero-order valence-corrected chi connectivity index (χ0v) is 25.0. The van der Waals surface area contributed by atoms with Gasteiger partial charge < -0.3 is 10.2 Å². The number of carbonyl (C=O) groups is 1. The molecular weight excluding hydrogens is 570 g/mol. The van der Waals surface area contributed by atoms with Gasteiger partial charge in [-0.25, -0.2) is 23.5 Å². The third-order valence-corrected chi connectivity index (χ3v) is 8.89. The molecule has 1 fully saturated rings. The number of nitrogens with one attached hydrogen (secondary N) is 1. The molecule has 1 atom stereocenters. The van der Waals surface area contributed by atoms with Crippen molar-refractivity contribution >= 4 is 33.5 Å². The highest BCUT2D eigenvalue weighted by molar-refractivity contribution is 7.89. The minimum Gasteiger partial charge on any atom is -0.352 e. The number of nitrogens with two attached hydrogens (primary N) is 1. The molecule has 0 spiro atoms. The van der Waals surface area contributed by atoms with Crippen LogP contribution in [0.1, 0.15) is 57.2 Å². The van der Waals surface area contributed by atoms with E-state index in [9.17, 15) is 13.2 Å². The minimum absolute atomic E-state index is 0.0575. The lowest BCUT2D eigenvalue weighted by Gasteiger charge is -2.26. The van der Waals surface area contributed by atoms with Crippen LogP contribution in [0.15, 0.2) is 83.9 Å². The van der Waals surface area contributed by atoms with Gasteiger partial charge in [-0.1, -0.05) is 60.1 Å². The van der Waals surface area contributed by atoms with Gasteiger partial charge in [-0.2, -0.15) is 0 Å². The third-order valence-electron chi connectivity index (χ3n) is 7.71. The van der Waals surface area contributed by atoms with E-state index in [2.05, 4.69) is 46.4 Å². The number of carbonyl (C=O) groups excluding carboxylic acids is 1. The molecule has 1 aromatic heterocycles. The summed E-state index contributed by atoms with van der Waals surface area (Å²) in [5, 5.41) is 8.87. The molecule has 8 nitrogen and oxygen atoms in total. The van der Waals surface area contributed by atoms with Crippen molar-refractivity contribution < 1.29 is 13.2 Å². The average molecular weight is 604 g/mol. The molecule has 1 unspecified atom stereocenters. The molecule has 0 aliphatic carbocycles. The number of amides is 1. The van der Waals surface area contributed by atoms with Crippen molar-refractivity contribution in [1.82, 2.24) is 15.3 Å². The second-order valence-electron chi connectivity index (χ2n) is 10.6. The van der Waals surface area contributed by atoms with Crippen molar-refractivity contribution in [2.45, 2.75) is 50.0 Å². The van der Waals surface area contributed by atoms with E-state index < -0.39 is 10.0 Å². The van der Waals surface area contributed by atoms with Gasteiger partial charge in [-0.3, -0.25) is 4.79 Å². The van der Waals surface area contributed by atoms with Crippen molar-refractivity contribution in [1.29, 1.82) is 0 Å². The van der Waals surface area contributed by atoms with Crippen LogP contribution in [0.3, 0.4) is 0 Å². The van der Waals surface area contributed by atoms with Crippen LogP contribution in [0.25, 0.3) is 0 Å². The Labute approximate surface area is 252 Å². The standard InChI is InChI=1S/C32H34ClN5O3S/c1-22-5-2-3-6-24(22)12-17-29-28(31(39)35-19-18-23-8-15-27(16-9-23)42(34,40)41)21-36-32(37-29)38-20-4-7-30(38)25-10-13-26(33)14-11-25/h2-3,5-6,8-11,13-16,21,30H,4,7,12,17-20H2,1H3,(H,35,39)(H2,34,40,41). The Kier molecular flexibility index (Phi) is 9.21. The second-order valence-corrected chi connectivity index (χ2v) is 12.6. The van der Waals surface area contributed by atoms with Crippen molar-refractivity contribution in [2.75, 3.05) is 18.0 Å². The minimum atomic E-state index is -3.75. The molecule has 0 saturated carbocycles. The highest BCUT2D eigenvalue weighted by atomic mass is 35.5. The number of hydrogen-bond donors (Lipinski definition) is 2. The Morgan fingerprint density at radius 1 is 1.02 bits per heavy atom. The van der Waals surface area contributed by atoms with Crippen LogP contribution < -0.4 is 15.4 Å². The summed E-state index contributed by atoms with van der Waals surface area (Å²) < 4.78 is 23.0. The van der Waals surface area contributed by atoms with Crippen LogP contribution in [0.2, 0.25) is 5.02 Å². The summed E-state index contributed by atoms with van der Waals surface area (Å²) in [5.41, 5.74) is 5.64. The van der Waals surface area contributed by atoms with Gasteiger partial charge in [0.1, 0.15) is 0 Å². The number of anilines is 1. The van der Waals surface area contributed by atoms with E-state index in [1.54, 1.807) is 18.3 Å². The molecule has 2 heterocycles. The number of aryl methyl sites for hydroxylation is 3. The predicted molar refractivity (Wildman–Crippen MR) is 165 cm³/mol.